The summed E-state index contributed by atoms with van der Waals surface area (Å²) >= 11 is 1.62. The van der Waals surface area contributed by atoms with Gasteiger partial charge in [0.05, 0.1) is 10.2 Å². The quantitative estimate of drug-likeness (QED) is 0.841. The van der Waals surface area contributed by atoms with Crippen molar-refractivity contribution in [2.45, 2.75) is 12.5 Å². The maximum Gasteiger partial charge on any atom is 0.274 e. The predicted octanol–water partition coefficient (Wildman–Crippen LogP) is 2.04. The number of hydrogen-bond donors (Lipinski definition) is 1. The van der Waals surface area contributed by atoms with E-state index in [0.717, 1.165) is 30.2 Å². The van der Waals surface area contributed by atoms with Crippen LogP contribution < -0.4 is 10.1 Å². The predicted molar refractivity (Wildman–Crippen MR) is 61.5 cm³/mol. The lowest BCUT2D eigenvalue weighted by Gasteiger charge is -2.07. The van der Waals surface area contributed by atoms with Crippen molar-refractivity contribution in [3.63, 3.8) is 0 Å². The van der Waals surface area contributed by atoms with E-state index in [1.807, 2.05) is 18.2 Å². The molecule has 1 aliphatic heterocycles. The minimum Gasteiger partial charge on any atom is -0.465 e. The standard InChI is InChI=1S/C11H12N2OS/c1-2-4-10-9(3-1)13-11(15-10)14-8-5-6-12-7-8/h1-4,8,12H,5-7H2. The molecule has 78 valence electrons. The van der Waals surface area contributed by atoms with Gasteiger partial charge in [-0.25, -0.2) is 4.98 Å². The van der Waals surface area contributed by atoms with Crippen molar-refractivity contribution in [3.05, 3.63) is 24.3 Å². The number of ether oxygens (including phenoxy) is 1. The molecule has 1 unspecified atom stereocenters. The van der Waals surface area contributed by atoms with Crippen LogP contribution in [0.5, 0.6) is 5.19 Å². The zero-order valence-corrected chi connectivity index (χ0v) is 9.09. The molecule has 2 heterocycles. The monoisotopic (exact) mass is 220 g/mol. The Morgan fingerprint density at radius 3 is 3.13 bits per heavy atom. The summed E-state index contributed by atoms with van der Waals surface area (Å²) in [5, 5.41) is 4.07. The Bertz CT molecular complexity index is 429. The average Bonchev–Trinajstić information content (AvgIpc) is 2.86. The van der Waals surface area contributed by atoms with Crippen molar-refractivity contribution in [1.29, 1.82) is 0 Å². The van der Waals surface area contributed by atoms with Gasteiger partial charge in [-0.2, -0.15) is 0 Å². The molecule has 0 spiro atoms. The smallest absolute Gasteiger partial charge is 0.274 e. The highest BCUT2D eigenvalue weighted by atomic mass is 32.1. The second-order valence-electron chi connectivity index (χ2n) is 3.68. The third-order valence-corrected chi connectivity index (χ3v) is 3.48. The average molecular weight is 220 g/mol. The van der Waals surface area contributed by atoms with Gasteiger partial charge >= 0.3 is 0 Å². The number of nitrogens with zero attached hydrogens (tertiary/aromatic N) is 1. The molecular formula is C11H12N2OS. The Kier molecular flexibility index (Phi) is 2.31. The second kappa shape index (κ2) is 3.79. The summed E-state index contributed by atoms with van der Waals surface area (Å²) in [5.74, 6) is 0. The van der Waals surface area contributed by atoms with Gasteiger partial charge in [-0.1, -0.05) is 23.5 Å². The van der Waals surface area contributed by atoms with E-state index in [9.17, 15) is 0 Å². The van der Waals surface area contributed by atoms with Crippen LogP contribution in [0.2, 0.25) is 0 Å². The third kappa shape index (κ3) is 1.82. The fourth-order valence-corrected chi connectivity index (χ4v) is 2.65. The highest BCUT2D eigenvalue weighted by Crippen LogP contribution is 2.28. The zero-order chi connectivity index (χ0) is 10.1. The molecule has 3 rings (SSSR count). The maximum absolute atomic E-state index is 5.81. The molecule has 1 saturated heterocycles. The summed E-state index contributed by atoms with van der Waals surface area (Å²) in [6, 6.07) is 8.13. The molecule has 1 aromatic carbocycles. The molecule has 1 fully saturated rings. The lowest BCUT2D eigenvalue weighted by atomic mass is 10.3. The van der Waals surface area contributed by atoms with Gasteiger partial charge in [0, 0.05) is 6.54 Å². The summed E-state index contributed by atoms with van der Waals surface area (Å²) in [6.07, 6.45) is 1.38. The van der Waals surface area contributed by atoms with Gasteiger partial charge in [-0.05, 0) is 25.1 Å². The highest BCUT2D eigenvalue weighted by molar-refractivity contribution is 7.20. The van der Waals surface area contributed by atoms with E-state index < -0.39 is 0 Å². The summed E-state index contributed by atoms with van der Waals surface area (Å²) in [4.78, 5) is 4.44. The van der Waals surface area contributed by atoms with Crippen LogP contribution in [0.15, 0.2) is 24.3 Å². The molecule has 0 radical (unpaired) electrons. The van der Waals surface area contributed by atoms with Crippen LogP contribution in [0.4, 0.5) is 0 Å². The van der Waals surface area contributed by atoms with Crippen LogP contribution in [0, 0.1) is 0 Å². The van der Waals surface area contributed by atoms with Crippen LogP contribution in [-0.4, -0.2) is 24.2 Å². The van der Waals surface area contributed by atoms with Crippen molar-refractivity contribution in [2.75, 3.05) is 13.1 Å². The molecule has 0 saturated carbocycles. The van der Waals surface area contributed by atoms with Gasteiger partial charge in [-0.15, -0.1) is 0 Å². The molecule has 0 amide bonds. The van der Waals surface area contributed by atoms with Gasteiger partial charge in [0.2, 0.25) is 0 Å². The summed E-state index contributed by atoms with van der Waals surface area (Å²) in [7, 11) is 0. The van der Waals surface area contributed by atoms with Crippen LogP contribution in [0.3, 0.4) is 0 Å². The third-order valence-electron chi connectivity index (χ3n) is 2.56. The fourth-order valence-electron chi connectivity index (χ4n) is 1.77. The topological polar surface area (TPSA) is 34.1 Å². The van der Waals surface area contributed by atoms with Crippen molar-refractivity contribution >= 4 is 21.6 Å². The number of fused-ring (bicyclic) bond motifs is 1. The molecule has 1 atom stereocenters. The van der Waals surface area contributed by atoms with E-state index >= 15 is 0 Å². The van der Waals surface area contributed by atoms with Gasteiger partial charge < -0.3 is 10.1 Å². The summed E-state index contributed by atoms with van der Waals surface area (Å²) < 4.78 is 7.00. The highest BCUT2D eigenvalue weighted by Gasteiger charge is 2.17. The maximum atomic E-state index is 5.81. The second-order valence-corrected chi connectivity index (χ2v) is 4.67. The van der Waals surface area contributed by atoms with Crippen molar-refractivity contribution in [2.24, 2.45) is 0 Å². The lowest BCUT2D eigenvalue weighted by Crippen LogP contribution is -2.19. The first-order valence-corrected chi connectivity index (χ1v) is 5.96. The van der Waals surface area contributed by atoms with Gasteiger partial charge in [0.25, 0.3) is 5.19 Å². The van der Waals surface area contributed by atoms with E-state index in [1.54, 1.807) is 11.3 Å². The Balaban J connectivity index is 1.84. The lowest BCUT2D eigenvalue weighted by molar-refractivity contribution is 0.222. The van der Waals surface area contributed by atoms with E-state index in [2.05, 4.69) is 16.4 Å². The molecule has 2 aromatic rings. The normalized spacial score (nSPS) is 20.9. The molecule has 1 aliphatic rings. The molecule has 0 aliphatic carbocycles. The number of thiazole rings is 1. The molecule has 3 nitrogen and oxygen atoms in total. The number of rotatable bonds is 2. The Labute approximate surface area is 92.1 Å². The number of para-hydroxylation sites is 1. The number of hydrogen-bond acceptors (Lipinski definition) is 4. The molecule has 15 heavy (non-hydrogen) atoms. The minimum absolute atomic E-state index is 0.297. The molecule has 1 aromatic heterocycles. The first-order chi connectivity index (χ1) is 7.42. The van der Waals surface area contributed by atoms with Crippen LogP contribution >= 0.6 is 11.3 Å². The molecule has 0 bridgehead atoms. The van der Waals surface area contributed by atoms with E-state index in [4.69, 9.17) is 4.74 Å². The molecular weight excluding hydrogens is 208 g/mol. The number of nitrogens with one attached hydrogen (secondary N) is 1. The summed E-state index contributed by atoms with van der Waals surface area (Å²) in [6.45, 7) is 1.99. The fraction of sp³-hybridized carbons (Fsp3) is 0.364. The SMILES string of the molecule is c1ccc2sc(OC3CCNC3)nc2c1. The number of benzene rings is 1. The Morgan fingerprint density at radius 2 is 2.33 bits per heavy atom. The van der Waals surface area contributed by atoms with Crippen molar-refractivity contribution in [1.82, 2.24) is 10.3 Å². The minimum atomic E-state index is 0.297. The molecule has 1 N–H and O–H groups in total. The zero-order valence-electron chi connectivity index (χ0n) is 8.27. The first kappa shape index (κ1) is 9.12. The van der Waals surface area contributed by atoms with Gasteiger partial charge in [0.1, 0.15) is 6.10 Å². The van der Waals surface area contributed by atoms with Crippen LogP contribution in [-0.2, 0) is 0 Å². The largest absolute Gasteiger partial charge is 0.465 e. The van der Waals surface area contributed by atoms with Crippen LogP contribution in [0.1, 0.15) is 6.42 Å². The number of aromatic nitrogens is 1. The van der Waals surface area contributed by atoms with Gasteiger partial charge in [0.15, 0.2) is 0 Å². The van der Waals surface area contributed by atoms with Gasteiger partial charge in [-0.3, -0.25) is 0 Å². The van der Waals surface area contributed by atoms with Crippen LogP contribution in [0.25, 0.3) is 10.2 Å². The van der Waals surface area contributed by atoms with E-state index in [-0.39, 0.29) is 0 Å². The molecule has 4 heteroatoms. The Morgan fingerprint density at radius 1 is 1.40 bits per heavy atom. The van der Waals surface area contributed by atoms with Crippen molar-refractivity contribution in [3.8, 4) is 5.19 Å². The van der Waals surface area contributed by atoms with Crippen molar-refractivity contribution < 1.29 is 4.74 Å². The summed E-state index contributed by atoms with van der Waals surface area (Å²) in [5.41, 5.74) is 1.03. The Hall–Kier alpha value is -1.13. The van der Waals surface area contributed by atoms with E-state index in [0.29, 0.717) is 6.10 Å². The van der Waals surface area contributed by atoms with E-state index in [1.165, 1.54) is 4.70 Å². The first-order valence-electron chi connectivity index (χ1n) is 5.15.